The number of rotatable bonds is 6. The molecule has 4 aliphatic rings. The van der Waals surface area contributed by atoms with Crippen molar-refractivity contribution in [3.63, 3.8) is 0 Å². The molecule has 228 valence electrons. The van der Waals surface area contributed by atoms with Crippen LogP contribution in [0.4, 0.5) is 0 Å². The second-order valence-corrected chi connectivity index (χ2v) is 16.5. The van der Waals surface area contributed by atoms with Crippen LogP contribution in [-0.2, 0) is 12.8 Å². The van der Waals surface area contributed by atoms with Crippen LogP contribution in [-0.4, -0.2) is 4.98 Å². The number of fused-ring (bicyclic) bond motifs is 7. The molecule has 1 aromatic heterocycles. The van der Waals surface area contributed by atoms with Crippen molar-refractivity contribution in [1.82, 2.24) is 4.98 Å². The first-order chi connectivity index (χ1) is 20.6. The van der Waals surface area contributed by atoms with Crippen LogP contribution in [0.15, 0.2) is 54.1 Å². The topological polar surface area (TPSA) is 12.9 Å². The van der Waals surface area contributed by atoms with E-state index >= 15 is 0 Å². The molecule has 4 aliphatic carbocycles. The van der Waals surface area contributed by atoms with Crippen LogP contribution in [0, 0.1) is 46.3 Å². The standard InChI is InChI=1S/C40H49Cl2N/c1-24(2)9-8-10-25(3)32-16-17-33-28-15-13-26-21-37-31(23-40(26,5)34(28)19-20-39(32,33)4)38(29-11-6-7-12-35(29)42)30-22-27(41)14-18-36(30)43-37/h6-7,11-14,18,22,24-25,28,32-34H,8-10,15-17,19-21,23H2,1-5H3/t25-,28+,32-,33+,34+,39-,40+/m1/s1. The molecule has 1 heterocycles. The van der Waals surface area contributed by atoms with E-state index in [0.717, 1.165) is 74.9 Å². The molecule has 0 N–H and O–H groups in total. The molecular weight excluding hydrogens is 565 g/mol. The van der Waals surface area contributed by atoms with Gasteiger partial charge in [-0.25, -0.2) is 0 Å². The SMILES string of the molecule is CC(C)CCC[C@@H](C)[C@H]1CC[C@H]2[C@@H]3CC=C4Cc5nc6ccc(Cl)cc6c(-c6ccccc6Cl)c5C[C@]4(C)[C@H]3CC[C@]12C. The first-order valence-corrected chi connectivity index (χ1v) is 17.9. The van der Waals surface area contributed by atoms with E-state index in [-0.39, 0.29) is 5.41 Å². The molecule has 0 radical (unpaired) electrons. The maximum atomic E-state index is 6.92. The van der Waals surface area contributed by atoms with Crippen LogP contribution in [0.2, 0.25) is 10.0 Å². The van der Waals surface area contributed by atoms with Crippen molar-refractivity contribution in [3.05, 3.63) is 75.4 Å². The van der Waals surface area contributed by atoms with Gasteiger partial charge in [0.1, 0.15) is 0 Å². The van der Waals surface area contributed by atoms with Gasteiger partial charge in [-0.3, -0.25) is 4.98 Å². The Bertz CT molecular complexity index is 1570. The molecule has 1 nitrogen and oxygen atoms in total. The predicted octanol–water partition coefficient (Wildman–Crippen LogP) is 12.2. The fourth-order valence-electron chi connectivity index (χ4n) is 10.9. The maximum Gasteiger partial charge on any atom is 0.0712 e. The molecule has 3 aromatic rings. The lowest BCUT2D eigenvalue weighted by molar-refractivity contribution is -0.0452. The van der Waals surface area contributed by atoms with Gasteiger partial charge in [0, 0.05) is 33.1 Å². The number of hydrogen-bond acceptors (Lipinski definition) is 1. The highest BCUT2D eigenvalue weighted by molar-refractivity contribution is 6.34. The number of nitrogens with zero attached hydrogens (tertiary/aromatic N) is 1. The van der Waals surface area contributed by atoms with Gasteiger partial charge in [0.2, 0.25) is 0 Å². The quantitative estimate of drug-likeness (QED) is 0.252. The van der Waals surface area contributed by atoms with Crippen molar-refractivity contribution in [2.24, 2.45) is 46.3 Å². The van der Waals surface area contributed by atoms with Gasteiger partial charge >= 0.3 is 0 Å². The molecule has 0 spiro atoms. The van der Waals surface area contributed by atoms with Gasteiger partial charge in [0.05, 0.1) is 5.52 Å². The fourth-order valence-corrected chi connectivity index (χ4v) is 11.3. The molecule has 7 atom stereocenters. The Morgan fingerprint density at radius 1 is 0.953 bits per heavy atom. The lowest BCUT2D eigenvalue weighted by atomic mass is 9.46. The molecule has 0 saturated heterocycles. The van der Waals surface area contributed by atoms with Gasteiger partial charge in [0.25, 0.3) is 0 Å². The van der Waals surface area contributed by atoms with E-state index in [9.17, 15) is 0 Å². The average molecular weight is 615 g/mol. The van der Waals surface area contributed by atoms with Crippen LogP contribution < -0.4 is 0 Å². The van der Waals surface area contributed by atoms with Crippen molar-refractivity contribution in [2.75, 3.05) is 0 Å². The third-order valence-electron chi connectivity index (χ3n) is 13.0. The number of benzene rings is 2. The average Bonchev–Trinajstić information content (AvgIpc) is 3.33. The van der Waals surface area contributed by atoms with Crippen molar-refractivity contribution < 1.29 is 0 Å². The normalized spacial score (nSPS) is 32.1. The molecule has 3 heteroatoms. The highest BCUT2D eigenvalue weighted by Crippen LogP contribution is 2.67. The largest absolute Gasteiger partial charge is 0.252 e. The first-order valence-electron chi connectivity index (χ1n) is 17.2. The van der Waals surface area contributed by atoms with Gasteiger partial charge in [0.15, 0.2) is 0 Å². The van der Waals surface area contributed by atoms with E-state index in [4.69, 9.17) is 28.2 Å². The van der Waals surface area contributed by atoms with Crippen molar-refractivity contribution >= 4 is 34.1 Å². The Morgan fingerprint density at radius 2 is 1.77 bits per heavy atom. The van der Waals surface area contributed by atoms with E-state index < -0.39 is 0 Å². The van der Waals surface area contributed by atoms with Crippen LogP contribution in [0.1, 0.15) is 97.2 Å². The number of aromatic nitrogens is 1. The zero-order valence-corrected chi connectivity index (χ0v) is 28.4. The van der Waals surface area contributed by atoms with Crippen molar-refractivity contribution in [3.8, 4) is 11.1 Å². The molecule has 2 aromatic carbocycles. The lowest BCUT2D eigenvalue weighted by Crippen LogP contribution is -2.51. The summed E-state index contributed by atoms with van der Waals surface area (Å²) in [6.45, 7) is 12.7. The maximum absolute atomic E-state index is 6.92. The summed E-state index contributed by atoms with van der Waals surface area (Å²) >= 11 is 13.5. The molecule has 7 rings (SSSR count). The van der Waals surface area contributed by atoms with Crippen LogP contribution in [0.5, 0.6) is 0 Å². The molecule has 0 bridgehead atoms. The fraction of sp³-hybridized carbons (Fsp3) is 0.575. The summed E-state index contributed by atoms with van der Waals surface area (Å²) in [4.78, 5) is 5.29. The minimum atomic E-state index is 0.169. The Morgan fingerprint density at radius 3 is 2.56 bits per heavy atom. The summed E-state index contributed by atoms with van der Waals surface area (Å²) in [7, 11) is 0. The second kappa shape index (κ2) is 11.2. The van der Waals surface area contributed by atoms with E-state index in [2.05, 4.69) is 65.0 Å². The van der Waals surface area contributed by atoms with Gasteiger partial charge in [-0.1, -0.05) is 107 Å². The van der Waals surface area contributed by atoms with Crippen LogP contribution in [0.25, 0.3) is 22.0 Å². The van der Waals surface area contributed by atoms with Gasteiger partial charge in [-0.05, 0) is 120 Å². The highest BCUT2D eigenvalue weighted by Gasteiger charge is 2.59. The van der Waals surface area contributed by atoms with E-state index in [1.807, 2.05) is 18.2 Å². The third-order valence-corrected chi connectivity index (χ3v) is 13.6. The molecule has 2 fully saturated rings. The summed E-state index contributed by atoms with van der Waals surface area (Å²) < 4.78 is 0. The number of hydrogen-bond donors (Lipinski definition) is 0. The van der Waals surface area contributed by atoms with Crippen LogP contribution in [0.3, 0.4) is 0 Å². The molecule has 0 aliphatic heterocycles. The Labute approximate surface area is 269 Å². The predicted molar refractivity (Wildman–Crippen MR) is 184 cm³/mol. The molecule has 0 unspecified atom stereocenters. The van der Waals surface area contributed by atoms with Crippen LogP contribution >= 0.6 is 23.2 Å². The van der Waals surface area contributed by atoms with Gasteiger partial charge in [-0.15, -0.1) is 0 Å². The van der Waals surface area contributed by atoms with E-state index in [0.29, 0.717) is 5.41 Å². The monoisotopic (exact) mass is 613 g/mol. The molecule has 0 amide bonds. The summed E-state index contributed by atoms with van der Waals surface area (Å²) in [5.74, 6) is 4.96. The minimum absolute atomic E-state index is 0.169. The molecule has 43 heavy (non-hydrogen) atoms. The third kappa shape index (κ3) is 4.91. The Balaban J connectivity index is 1.25. The first kappa shape index (κ1) is 29.9. The zero-order valence-electron chi connectivity index (χ0n) is 26.9. The molecule has 2 saturated carbocycles. The summed E-state index contributed by atoms with van der Waals surface area (Å²) in [5, 5.41) is 2.69. The van der Waals surface area contributed by atoms with Crippen molar-refractivity contribution in [1.29, 1.82) is 0 Å². The van der Waals surface area contributed by atoms with Crippen molar-refractivity contribution in [2.45, 2.75) is 98.8 Å². The molecular formula is C40H49Cl2N. The summed E-state index contributed by atoms with van der Waals surface area (Å²) in [5.41, 5.74) is 8.35. The Hall–Kier alpha value is -1.83. The zero-order chi connectivity index (χ0) is 30.1. The highest BCUT2D eigenvalue weighted by atomic mass is 35.5. The smallest absolute Gasteiger partial charge is 0.0712 e. The number of halogens is 2. The van der Waals surface area contributed by atoms with E-state index in [1.54, 1.807) is 5.57 Å². The summed E-state index contributed by atoms with van der Waals surface area (Å²) in [6.07, 6.45) is 15.8. The lowest BCUT2D eigenvalue weighted by Gasteiger charge is -2.58. The second-order valence-electron chi connectivity index (χ2n) is 15.7. The minimum Gasteiger partial charge on any atom is -0.252 e. The number of allylic oxidation sites excluding steroid dienone is 2. The number of pyridine rings is 1. The van der Waals surface area contributed by atoms with Gasteiger partial charge < -0.3 is 0 Å². The van der Waals surface area contributed by atoms with E-state index in [1.165, 1.54) is 68.2 Å². The Kier molecular flexibility index (Phi) is 7.78. The van der Waals surface area contributed by atoms with Gasteiger partial charge in [-0.2, -0.15) is 0 Å². The summed E-state index contributed by atoms with van der Waals surface area (Å²) in [6, 6.07) is 14.5.